The van der Waals surface area contributed by atoms with Crippen molar-refractivity contribution in [3.8, 4) is 16.9 Å². The lowest BCUT2D eigenvalue weighted by molar-refractivity contribution is -0.0312. The lowest BCUT2D eigenvalue weighted by Crippen LogP contribution is -2.47. The van der Waals surface area contributed by atoms with Crippen LogP contribution in [0.15, 0.2) is 82.6 Å². The van der Waals surface area contributed by atoms with Crippen molar-refractivity contribution in [2.75, 3.05) is 54.0 Å². The minimum absolute atomic E-state index is 0.00831. The van der Waals surface area contributed by atoms with Gasteiger partial charge >= 0.3 is 0 Å². The number of hydrogen-bond donors (Lipinski definition) is 3. The van der Waals surface area contributed by atoms with Gasteiger partial charge in [0, 0.05) is 38.3 Å². The Labute approximate surface area is 272 Å². The van der Waals surface area contributed by atoms with E-state index in [4.69, 9.17) is 9.47 Å². The second-order valence-electron chi connectivity index (χ2n) is 12.3. The molecule has 1 spiro atoms. The highest BCUT2D eigenvalue weighted by Gasteiger charge is 2.44. The van der Waals surface area contributed by atoms with E-state index in [1.807, 2.05) is 26.2 Å². The minimum atomic E-state index is -3.63. The van der Waals surface area contributed by atoms with E-state index in [0.29, 0.717) is 38.3 Å². The number of nitrogens with one attached hydrogen (secondary N) is 2. The fourth-order valence-corrected chi connectivity index (χ4v) is 8.20. The highest BCUT2D eigenvalue weighted by atomic mass is 32.2. The van der Waals surface area contributed by atoms with E-state index in [9.17, 15) is 21.9 Å². The average molecular weight is 673 g/mol. The molecule has 2 aliphatic rings. The smallest absolute Gasteiger partial charge is 0.243 e. The van der Waals surface area contributed by atoms with Gasteiger partial charge < -0.3 is 24.8 Å². The second-order valence-corrected chi connectivity index (χ2v) is 16.1. The molecule has 0 aromatic heterocycles. The van der Waals surface area contributed by atoms with Crippen LogP contribution in [0.1, 0.15) is 24.8 Å². The van der Waals surface area contributed by atoms with Crippen LogP contribution < -0.4 is 14.8 Å². The van der Waals surface area contributed by atoms with E-state index in [0.717, 1.165) is 24.1 Å². The number of nitrogens with zero attached hydrogens (tertiary/aromatic N) is 2. The summed E-state index contributed by atoms with van der Waals surface area (Å²) in [6.45, 7) is 2.36. The molecule has 2 atom stereocenters. The van der Waals surface area contributed by atoms with Gasteiger partial charge in [0.1, 0.15) is 18.5 Å². The van der Waals surface area contributed by atoms with Gasteiger partial charge in [0.15, 0.2) is 0 Å². The largest absolute Gasteiger partial charge is 0.491 e. The third-order valence-electron chi connectivity index (χ3n) is 8.59. The molecule has 250 valence electrons. The van der Waals surface area contributed by atoms with Gasteiger partial charge in [-0.25, -0.2) is 21.6 Å². The molecule has 13 heteroatoms. The molecule has 2 saturated heterocycles. The van der Waals surface area contributed by atoms with Crippen LogP contribution >= 0.6 is 0 Å². The van der Waals surface area contributed by atoms with Crippen LogP contribution in [0.3, 0.4) is 0 Å². The fraction of sp³-hybridized carbons (Fsp3) is 0.455. The zero-order valence-corrected chi connectivity index (χ0v) is 28.2. The molecular weight excluding hydrogens is 629 g/mol. The summed E-state index contributed by atoms with van der Waals surface area (Å²) in [5.41, 5.74) is 2.83. The van der Waals surface area contributed by atoms with Gasteiger partial charge in [-0.15, -0.1) is 0 Å². The number of sulfonamides is 2. The first-order valence-electron chi connectivity index (χ1n) is 15.5. The Morgan fingerprint density at radius 1 is 0.978 bits per heavy atom. The van der Waals surface area contributed by atoms with Crippen LogP contribution in [-0.4, -0.2) is 103 Å². The highest BCUT2D eigenvalue weighted by molar-refractivity contribution is 7.89. The SMILES string of the molecule is CNS(=O)(=O)c1cccc(OCC(O)CN[C@H]2COC3(CCN(S(=O)(=O)c4ccc(-c5ccc(CN(C)C)cc5)cc4)CC3)C2)c1. The van der Waals surface area contributed by atoms with Gasteiger partial charge in [-0.3, -0.25) is 0 Å². The molecule has 0 aliphatic carbocycles. The molecule has 2 aliphatic heterocycles. The first-order chi connectivity index (χ1) is 21.9. The number of piperidine rings is 1. The topological polar surface area (TPSA) is 138 Å². The predicted molar refractivity (Wildman–Crippen MR) is 177 cm³/mol. The van der Waals surface area contributed by atoms with Crippen molar-refractivity contribution in [2.24, 2.45) is 0 Å². The Balaban J connectivity index is 1.08. The van der Waals surface area contributed by atoms with Crippen molar-refractivity contribution < 1.29 is 31.4 Å². The summed E-state index contributed by atoms with van der Waals surface area (Å²) >= 11 is 0. The van der Waals surface area contributed by atoms with Crippen LogP contribution in [0, 0.1) is 0 Å². The molecule has 2 fully saturated rings. The molecule has 3 N–H and O–H groups in total. The predicted octanol–water partition coefficient (Wildman–Crippen LogP) is 2.67. The molecule has 0 bridgehead atoms. The lowest BCUT2D eigenvalue weighted by Gasteiger charge is -2.38. The zero-order chi connectivity index (χ0) is 33.0. The average Bonchev–Trinajstić information content (AvgIpc) is 3.45. The maximum Gasteiger partial charge on any atom is 0.243 e. The summed E-state index contributed by atoms with van der Waals surface area (Å²) < 4.78 is 66.6. The molecule has 46 heavy (non-hydrogen) atoms. The quantitative estimate of drug-likeness (QED) is 0.250. The molecule has 5 rings (SSSR count). The van der Waals surface area contributed by atoms with E-state index in [-0.39, 0.29) is 29.0 Å². The summed E-state index contributed by atoms with van der Waals surface area (Å²) in [6, 6.07) is 21.5. The third-order valence-corrected chi connectivity index (χ3v) is 11.9. The number of hydrogen-bond acceptors (Lipinski definition) is 9. The number of rotatable bonds is 13. The Kier molecular flexibility index (Phi) is 10.8. The van der Waals surface area contributed by atoms with Crippen LogP contribution in [0.2, 0.25) is 0 Å². The van der Waals surface area contributed by atoms with Gasteiger partial charge in [0.05, 0.1) is 22.0 Å². The minimum Gasteiger partial charge on any atom is -0.491 e. The maximum atomic E-state index is 13.5. The summed E-state index contributed by atoms with van der Waals surface area (Å²) in [5, 5.41) is 13.8. The molecule has 2 heterocycles. The first-order valence-corrected chi connectivity index (χ1v) is 18.4. The monoisotopic (exact) mass is 672 g/mol. The Bertz CT molecular complexity index is 1670. The van der Waals surface area contributed by atoms with Gasteiger partial charge in [-0.1, -0.05) is 42.5 Å². The summed E-state index contributed by atoms with van der Waals surface area (Å²) in [4.78, 5) is 2.49. The summed E-state index contributed by atoms with van der Waals surface area (Å²) in [5.74, 6) is 0.349. The van der Waals surface area contributed by atoms with E-state index in [1.165, 1.54) is 24.7 Å². The van der Waals surface area contributed by atoms with Crippen LogP contribution in [0.4, 0.5) is 0 Å². The van der Waals surface area contributed by atoms with Gasteiger partial charge in [0.2, 0.25) is 20.0 Å². The number of ether oxygens (including phenoxy) is 2. The van der Waals surface area contributed by atoms with Crippen molar-refractivity contribution in [3.05, 3.63) is 78.4 Å². The van der Waals surface area contributed by atoms with Crippen molar-refractivity contribution in [3.63, 3.8) is 0 Å². The molecule has 0 radical (unpaired) electrons. The van der Waals surface area contributed by atoms with Crippen molar-refractivity contribution >= 4 is 20.0 Å². The third kappa shape index (κ3) is 8.33. The van der Waals surface area contributed by atoms with Gasteiger partial charge in [0.25, 0.3) is 0 Å². The van der Waals surface area contributed by atoms with Crippen LogP contribution in [0.5, 0.6) is 5.75 Å². The molecule has 0 saturated carbocycles. The fourth-order valence-electron chi connectivity index (χ4n) is 6.00. The van der Waals surface area contributed by atoms with E-state index in [1.54, 1.807) is 28.6 Å². The second kappa shape index (κ2) is 14.5. The Morgan fingerprint density at radius 3 is 2.26 bits per heavy atom. The standard InChI is InChI=1S/C33H44N4O7S2/c1-34-45(39,40)32-6-4-5-30(19-32)43-24-29(38)21-35-28-20-33(44-23-28)15-17-37(18-16-33)46(41,42)31-13-11-27(12-14-31)26-9-7-25(8-10-26)22-36(2)3/h4-14,19,28-29,34-35,38H,15-18,20-24H2,1-3H3/t28-,29?/m1/s1. The van der Waals surface area contributed by atoms with Crippen molar-refractivity contribution in [1.29, 1.82) is 0 Å². The number of aliphatic hydroxyl groups is 1. The molecule has 3 aromatic rings. The summed E-state index contributed by atoms with van der Waals surface area (Å²) in [7, 11) is -1.82. The van der Waals surface area contributed by atoms with Crippen molar-refractivity contribution in [1.82, 2.24) is 19.2 Å². The summed E-state index contributed by atoms with van der Waals surface area (Å²) in [6.07, 6.45) is 1.10. The van der Waals surface area contributed by atoms with Gasteiger partial charge in [-0.05, 0) is 81.4 Å². The zero-order valence-electron chi connectivity index (χ0n) is 26.6. The first kappa shape index (κ1) is 34.5. The molecular formula is C33H44N4O7S2. The van der Waals surface area contributed by atoms with Crippen LogP contribution in [-0.2, 0) is 31.3 Å². The Morgan fingerprint density at radius 2 is 1.63 bits per heavy atom. The molecule has 0 amide bonds. The maximum absolute atomic E-state index is 13.5. The van der Waals surface area contributed by atoms with Crippen molar-refractivity contribution in [2.45, 2.75) is 53.3 Å². The van der Waals surface area contributed by atoms with E-state index >= 15 is 0 Å². The van der Waals surface area contributed by atoms with Crippen LogP contribution in [0.25, 0.3) is 11.1 Å². The highest BCUT2D eigenvalue weighted by Crippen LogP contribution is 2.37. The molecule has 11 nitrogen and oxygen atoms in total. The molecule has 1 unspecified atom stereocenters. The Hall–Kier alpha value is -2.88. The van der Waals surface area contributed by atoms with E-state index in [2.05, 4.69) is 39.2 Å². The van der Waals surface area contributed by atoms with E-state index < -0.39 is 31.8 Å². The number of benzene rings is 3. The van der Waals surface area contributed by atoms with Gasteiger partial charge in [-0.2, -0.15) is 4.31 Å². The molecule has 3 aromatic carbocycles. The lowest BCUT2D eigenvalue weighted by atomic mass is 9.88. The normalized spacial score (nSPS) is 19.5. The number of aliphatic hydroxyl groups excluding tert-OH is 1.